The molecule has 0 bridgehead atoms. The summed E-state index contributed by atoms with van der Waals surface area (Å²) in [6, 6.07) is 5.58. The van der Waals surface area contributed by atoms with Gasteiger partial charge in [0.05, 0.1) is 5.56 Å². The van der Waals surface area contributed by atoms with Crippen molar-refractivity contribution in [3.8, 4) is 0 Å². The molecule has 0 saturated carbocycles. The number of benzene rings is 1. The van der Waals surface area contributed by atoms with Gasteiger partial charge in [0.25, 0.3) is 5.91 Å². The Balaban J connectivity index is 2.41. The van der Waals surface area contributed by atoms with Crippen LogP contribution < -0.4 is 5.73 Å². The van der Waals surface area contributed by atoms with Gasteiger partial charge in [-0.1, -0.05) is 6.92 Å². The van der Waals surface area contributed by atoms with E-state index < -0.39 is 0 Å². The van der Waals surface area contributed by atoms with Crippen molar-refractivity contribution in [1.29, 1.82) is 0 Å². The minimum Gasteiger partial charge on any atom is -0.399 e. The number of rotatable bonds is 4. The Kier molecular flexibility index (Phi) is 3.55. The van der Waals surface area contributed by atoms with Crippen LogP contribution in [0.15, 0.2) is 24.4 Å². The fourth-order valence-electron chi connectivity index (χ4n) is 2.16. The summed E-state index contributed by atoms with van der Waals surface area (Å²) in [4.78, 5) is 17.4. The third-order valence-corrected chi connectivity index (χ3v) is 3.10. The number of anilines is 1. The Labute approximate surface area is 107 Å². The van der Waals surface area contributed by atoms with Crippen LogP contribution in [0.2, 0.25) is 0 Å². The van der Waals surface area contributed by atoms with E-state index in [1.54, 1.807) is 6.20 Å². The highest BCUT2D eigenvalue weighted by molar-refractivity contribution is 6.07. The minimum atomic E-state index is 0.0659. The third-order valence-electron chi connectivity index (χ3n) is 3.10. The summed E-state index contributed by atoms with van der Waals surface area (Å²) >= 11 is 0. The van der Waals surface area contributed by atoms with Crippen molar-refractivity contribution < 1.29 is 4.79 Å². The SMILES string of the molecule is CCCN(CC)C(=O)c1c[nH]c2ccc(N)cc12. The number of aromatic nitrogens is 1. The summed E-state index contributed by atoms with van der Waals surface area (Å²) in [5, 5.41) is 0.898. The zero-order chi connectivity index (χ0) is 13.1. The first-order valence-corrected chi connectivity index (χ1v) is 6.33. The molecule has 0 fully saturated rings. The number of fused-ring (bicyclic) bond motifs is 1. The first-order valence-electron chi connectivity index (χ1n) is 6.33. The molecule has 1 aromatic heterocycles. The molecule has 0 aliphatic rings. The molecule has 1 heterocycles. The predicted octanol–water partition coefficient (Wildman–Crippen LogP) is 2.62. The maximum absolute atomic E-state index is 12.4. The fourth-order valence-corrected chi connectivity index (χ4v) is 2.16. The molecule has 0 aliphatic heterocycles. The van der Waals surface area contributed by atoms with Crippen LogP contribution in [-0.2, 0) is 0 Å². The third kappa shape index (κ3) is 2.18. The Morgan fingerprint density at radius 1 is 1.39 bits per heavy atom. The van der Waals surface area contributed by atoms with E-state index in [2.05, 4.69) is 11.9 Å². The van der Waals surface area contributed by atoms with Gasteiger partial charge in [0.15, 0.2) is 0 Å². The number of amides is 1. The van der Waals surface area contributed by atoms with Gasteiger partial charge in [0, 0.05) is 35.9 Å². The fraction of sp³-hybridized carbons (Fsp3) is 0.357. The highest BCUT2D eigenvalue weighted by Crippen LogP contribution is 2.22. The molecule has 18 heavy (non-hydrogen) atoms. The highest BCUT2D eigenvalue weighted by Gasteiger charge is 2.17. The number of nitrogens with zero attached hydrogens (tertiary/aromatic N) is 1. The maximum Gasteiger partial charge on any atom is 0.256 e. The molecule has 3 N–H and O–H groups in total. The lowest BCUT2D eigenvalue weighted by Gasteiger charge is -2.19. The molecule has 2 rings (SSSR count). The van der Waals surface area contributed by atoms with Gasteiger partial charge >= 0.3 is 0 Å². The zero-order valence-corrected chi connectivity index (χ0v) is 10.9. The summed E-state index contributed by atoms with van der Waals surface area (Å²) in [6.45, 7) is 5.58. The molecular formula is C14H19N3O. The largest absolute Gasteiger partial charge is 0.399 e. The van der Waals surface area contributed by atoms with Crippen LogP contribution in [0.3, 0.4) is 0 Å². The second kappa shape index (κ2) is 5.12. The van der Waals surface area contributed by atoms with Crippen LogP contribution in [0.5, 0.6) is 0 Å². The van der Waals surface area contributed by atoms with Crippen LogP contribution in [0.1, 0.15) is 30.6 Å². The standard InChI is InChI=1S/C14H19N3O/c1-3-7-17(4-2)14(18)12-9-16-13-6-5-10(15)8-11(12)13/h5-6,8-9,16H,3-4,7,15H2,1-2H3. The molecule has 0 unspecified atom stereocenters. The number of nitrogen functional groups attached to an aromatic ring is 1. The van der Waals surface area contributed by atoms with Gasteiger partial charge in [-0.15, -0.1) is 0 Å². The normalized spacial score (nSPS) is 10.8. The van der Waals surface area contributed by atoms with Crippen molar-refractivity contribution >= 4 is 22.5 Å². The van der Waals surface area contributed by atoms with Crippen molar-refractivity contribution in [2.45, 2.75) is 20.3 Å². The van der Waals surface area contributed by atoms with E-state index in [1.807, 2.05) is 30.0 Å². The topological polar surface area (TPSA) is 62.1 Å². The lowest BCUT2D eigenvalue weighted by molar-refractivity contribution is 0.0766. The number of H-pyrrole nitrogens is 1. The average Bonchev–Trinajstić information content (AvgIpc) is 2.78. The Morgan fingerprint density at radius 2 is 2.17 bits per heavy atom. The molecule has 0 atom stereocenters. The van der Waals surface area contributed by atoms with Crippen molar-refractivity contribution in [1.82, 2.24) is 9.88 Å². The number of nitrogens with two attached hydrogens (primary N) is 1. The molecule has 1 aromatic carbocycles. The molecule has 96 valence electrons. The number of carbonyl (C=O) groups excluding carboxylic acids is 1. The second-order valence-electron chi connectivity index (χ2n) is 4.39. The Bertz CT molecular complexity index is 559. The molecule has 0 radical (unpaired) electrons. The van der Waals surface area contributed by atoms with Crippen LogP contribution in [0.4, 0.5) is 5.69 Å². The average molecular weight is 245 g/mol. The van der Waals surface area contributed by atoms with Gasteiger partial charge in [-0.05, 0) is 31.5 Å². The summed E-state index contributed by atoms with van der Waals surface area (Å²) in [5.41, 5.74) is 8.10. The lowest BCUT2D eigenvalue weighted by Crippen LogP contribution is -2.31. The van der Waals surface area contributed by atoms with Crippen molar-refractivity contribution in [2.75, 3.05) is 18.8 Å². The monoisotopic (exact) mass is 245 g/mol. The molecule has 4 nitrogen and oxygen atoms in total. The summed E-state index contributed by atoms with van der Waals surface area (Å²) in [7, 11) is 0. The smallest absolute Gasteiger partial charge is 0.256 e. The van der Waals surface area contributed by atoms with Crippen molar-refractivity contribution in [3.05, 3.63) is 30.0 Å². The Morgan fingerprint density at radius 3 is 2.83 bits per heavy atom. The van der Waals surface area contributed by atoms with E-state index in [1.165, 1.54) is 0 Å². The van der Waals surface area contributed by atoms with Crippen LogP contribution in [0, 0.1) is 0 Å². The predicted molar refractivity (Wildman–Crippen MR) is 74.6 cm³/mol. The number of nitrogens with one attached hydrogen (secondary N) is 1. The summed E-state index contributed by atoms with van der Waals surface area (Å²) < 4.78 is 0. The molecule has 0 saturated heterocycles. The van der Waals surface area contributed by atoms with Gasteiger partial charge in [-0.3, -0.25) is 4.79 Å². The number of hydrogen-bond acceptors (Lipinski definition) is 2. The van der Waals surface area contributed by atoms with Gasteiger partial charge in [-0.25, -0.2) is 0 Å². The molecule has 4 heteroatoms. The van der Waals surface area contributed by atoms with Gasteiger partial charge in [0.1, 0.15) is 0 Å². The number of carbonyl (C=O) groups is 1. The minimum absolute atomic E-state index is 0.0659. The van der Waals surface area contributed by atoms with Crippen molar-refractivity contribution in [3.63, 3.8) is 0 Å². The maximum atomic E-state index is 12.4. The van der Waals surface area contributed by atoms with E-state index in [9.17, 15) is 4.79 Å². The Hall–Kier alpha value is -1.97. The quantitative estimate of drug-likeness (QED) is 0.813. The second-order valence-corrected chi connectivity index (χ2v) is 4.39. The summed E-state index contributed by atoms with van der Waals surface area (Å²) in [5.74, 6) is 0.0659. The zero-order valence-electron chi connectivity index (χ0n) is 10.9. The lowest BCUT2D eigenvalue weighted by atomic mass is 10.1. The molecule has 2 aromatic rings. The molecule has 0 aliphatic carbocycles. The van der Waals surface area contributed by atoms with E-state index in [0.29, 0.717) is 11.3 Å². The first-order chi connectivity index (χ1) is 8.67. The molecule has 1 amide bonds. The molecular weight excluding hydrogens is 226 g/mol. The van der Waals surface area contributed by atoms with E-state index in [4.69, 9.17) is 5.73 Å². The number of hydrogen-bond donors (Lipinski definition) is 2. The number of aromatic amines is 1. The van der Waals surface area contributed by atoms with Crippen LogP contribution >= 0.6 is 0 Å². The van der Waals surface area contributed by atoms with E-state index in [-0.39, 0.29) is 5.91 Å². The van der Waals surface area contributed by atoms with Gasteiger partial charge < -0.3 is 15.6 Å². The van der Waals surface area contributed by atoms with Crippen LogP contribution in [0.25, 0.3) is 10.9 Å². The summed E-state index contributed by atoms with van der Waals surface area (Å²) in [6.07, 6.45) is 2.73. The van der Waals surface area contributed by atoms with Crippen LogP contribution in [-0.4, -0.2) is 28.9 Å². The molecule has 0 spiro atoms. The first kappa shape index (κ1) is 12.5. The van der Waals surface area contributed by atoms with E-state index >= 15 is 0 Å². The highest BCUT2D eigenvalue weighted by atomic mass is 16.2. The van der Waals surface area contributed by atoms with Gasteiger partial charge in [0.2, 0.25) is 0 Å². The van der Waals surface area contributed by atoms with E-state index in [0.717, 1.165) is 30.4 Å². The van der Waals surface area contributed by atoms with Gasteiger partial charge in [-0.2, -0.15) is 0 Å². The van der Waals surface area contributed by atoms with Crippen molar-refractivity contribution in [2.24, 2.45) is 0 Å².